The van der Waals surface area contributed by atoms with E-state index < -0.39 is 0 Å². The lowest BCUT2D eigenvalue weighted by Gasteiger charge is -2.08. The number of aryl methyl sites for hydroxylation is 2. The quantitative estimate of drug-likeness (QED) is 0.467. The van der Waals surface area contributed by atoms with Crippen molar-refractivity contribution in [3.63, 3.8) is 0 Å². The van der Waals surface area contributed by atoms with Gasteiger partial charge in [0.1, 0.15) is 0 Å². The number of allylic oxidation sites excluding steroid dienone is 1. The Labute approximate surface area is 219 Å². The van der Waals surface area contributed by atoms with Crippen molar-refractivity contribution in [2.75, 3.05) is 0 Å². The molecule has 208 valence electrons. The van der Waals surface area contributed by atoms with Crippen LogP contribution >= 0.6 is 0 Å². The third-order valence-corrected chi connectivity index (χ3v) is 5.30. The molecule has 3 N–H and O–H groups in total. The molecule has 38 heavy (non-hydrogen) atoms. The van der Waals surface area contributed by atoms with E-state index in [1.54, 1.807) is 44.6 Å². The Morgan fingerprint density at radius 1 is 0.579 bits per heavy atom. The first-order valence-electron chi connectivity index (χ1n) is 12.2. The highest BCUT2D eigenvalue weighted by Crippen LogP contribution is 2.00. The normalized spacial score (nSPS) is 10.9. The molecule has 0 bridgehead atoms. The Morgan fingerprint density at radius 3 is 1.21 bits per heavy atom. The Kier molecular flexibility index (Phi) is 11.6. The molecule has 0 saturated carbocycles. The maximum absolute atomic E-state index is 11.3. The first kappa shape index (κ1) is 31.8. The highest BCUT2D eigenvalue weighted by Gasteiger charge is 2.05. The van der Waals surface area contributed by atoms with Gasteiger partial charge in [-0.1, -0.05) is 12.2 Å². The van der Waals surface area contributed by atoms with E-state index in [0.717, 1.165) is 0 Å². The van der Waals surface area contributed by atoms with Gasteiger partial charge in [-0.25, -0.2) is 14.4 Å². The van der Waals surface area contributed by atoms with Crippen LogP contribution in [0.2, 0.25) is 0 Å². The number of H-pyrrole nitrogens is 3. The zero-order chi connectivity index (χ0) is 29.3. The van der Waals surface area contributed by atoms with Crippen molar-refractivity contribution in [3.05, 3.63) is 104 Å². The molecule has 0 unspecified atom stereocenters. The van der Waals surface area contributed by atoms with E-state index in [2.05, 4.69) is 15.0 Å². The topological polar surface area (TPSA) is 165 Å². The summed E-state index contributed by atoms with van der Waals surface area (Å²) in [5, 5.41) is 0. The van der Waals surface area contributed by atoms with Crippen molar-refractivity contribution in [2.45, 2.75) is 80.4 Å². The van der Waals surface area contributed by atoms with E-state index in [9.17, 15) is 28.8 Å². The molecule has 3 rings (SSSR count). The van der Waals surface area contributed by atoms with Crippen molar-refractivity contribution in [3.8, 4) is 0 Å². The molecule has 0 aliphatic rings. The molecule has 0 aromatic carbocycles. The summed E-state index contributed by atoms with van der Waals surface area (Å²) in [7, 11) is 0. The lowest BCUT2D eigenvalue weighted by Crippen LogP contribution is -2.31. The first-order valence-corrected chi connectivity index (χ1v) is 12.2. The van der Waals surface area contributed by atoms with Gasteiger partial charge in [-0.3, -0.25) is 43.0 Å². The second kappa shape index (κ2) is 13.9. The van der Waals surface area contributed by atoms with Gasteiger partial charge in [0.2, 0.25) is 0 Å². The third kappa shape index (κ3) is 8.71. The van der Waals surface area contributed by atoms with Crippen molar-refractivity contribution in [1.29, 1.82) is 0 Å². The molecule has 12 heteroatoms. The second-order valence-electron chi connectivity index (χ2n) is 9.49. The van der Waals surface area contributed by atoms with Gasteiger partial charge in [-0.05, 0) is 62.3 Å². The molecular weight excluding hydrogens is 492 g/mol. The molecule has 3 aromatic heterocycles. The van der Waals surface area contributed by atoms with E-state index in [4.69, 9.17) is 0 Å². The van der Waals surface area contributed by atoms with Crippen LogP contribution in [-0.4, -0.2) is 28.7 Å². The van der Waals surface area contributed by atoms with Gasteiger partial charge < -0.3 is 0 Å². The summed E-state index contributed by atoms with van der Waals surface area (Å²) in [4.78, 5) is 73.5. The number of aromatic amines is 3. The average molecular weight is 531 g/mol. The molecule has 0 aliphatic carbocycles. The summed E-state index contributed by atoms with van der Waals surface area (Å²) in [6.07, 6.45) is 8.17. The fraction of sp³-hybridized carbons (Fsp3) is 0.462. The van der Waals surface area contributed by atoms with Crippen molar-refractivity contribution in [1.82, 2.24) is 28.7 Å². The first-order chi connectivity index (χ1) is 17.6. The summed E-state index contributed by atoms with van der Waals surface area (Å²) in [5.41, 5.74) is -0.398. The molecule has 0 fully saturated rings. The maximum atomic E-state index is 11.3. The molecule has 12 nitrogen and oxygen atoms in total. The summed E-state index contributed by atoms with van der Waals surface area (Å²) >= 11 is 0. The minimum absolute atomic E-state index is 0.0448. The summed E-state index contributed by atoms with van der Waals surface area (Å²) < 4.78 is 4.49. The van der Waals surface area contributed by atoms with Gasteiger partial charge in [0.15, 0.2) is 0 Å². The van der Waals surface area contributed by atoms with Crippen LogP contribution in [0.3, 0.4) is 0 Å². The van der Waals surface area contributed by atoms with E-state index >= 15 is 0 Å². The molecule has 0 aliphatic heterocycles. The highest BCUT2D eigenvalue weighted by molar-refractivity contribution is 5.45. The number of hydrogen-bond donors (Lipinski definition) is 3. The average Bonchev–Trinajstić information content (AvgIpc) is 2.80. The van der Waals surface area contributed by atoms with Crippen LogP contribution in [0, 0.1) is 13.8 Å². The Hall–Kier alpha value is -4.22. The van der Waals surface area contributed by atoms with Crippen molar-refractivity contribution >= 4 is 6.08 Å². The zero-order valence-electron chi connectivity index (χ0n) is 23.4. The molecular formula is C26H38N6O6. The molecule has 0 atom stereocenters. The minimum atomic E-state index is -0.363. The van der Waals surface area contributed by atoms with Gasteiger partial charge >= 0.3 is 17.1 Å². The van der Waals surface area contributed by atoms with Gasteiger partial charge in [0.25, 0.3) is 16.7 Å². The number of hydrogen-bond acceptors (Lipinski definition) is 6. The van der Waals surface area contributed by atoms with E-state index in [0.29, 0.717) is 16.7 Å². The smallest absolute Gasteiger partial charge is 0.298 e. The van der Waals surface area contributed by atoms with Crippen LogP contribution in [0.1, 0.15) is 83.3 Å². The maximum Gasteiger partial charge on any atom is 0.328 e. The number of rotatable bonds is 4. The van der Waals surface area contributed by atoms with E-state index in [1.807, 2.05) is 48.5 Å². The van der Waals surface area contributed by atoms with Crippen LogP contribution in [-0.2, 0) is 0 Å². The Morgan fingerprint density at radius 2 is 0.895 bits per heavy atom. The predicted octanol–water partition coefficient (Wildman–Crippen LogP) is 2.00. The van der Waals surface area contributed by atoms with Crippen LogP contribution in [0.25, 0.3) is 6.08 Å². The van der Waals surface area contributed by atoms with Gasteiger partial charge in [0.05, 0.1) is 5.56 Å². The zero-order valence-corrected chi connectivity index (χ0v) is 23.4. The lowest BCUT2D eigenvalue weighted by molar-refractivity contribution is 0.558. The molecule has 0 radical (unpaired) electrons. The molecule has 0 spiro atoms. The minimum Gasteiger partial charge on any atom is -0.298 e. The molecule has 3 heterocycles. The Balaban J connectivity index is 0.000000286. The predicted molar refractivity (Wildman–Crippen MR) is 149 cm³/mol. The van der Waals surface area contributed by atoms with Crippen LogP contribution in [0.15, 0.2) is 53.4 Å². The monoisotopic (exact) mass is 530 g/mol. The second-order valence-corrected chi connectivity index (χ2v) is 9.49. The standard InChI is InChI=1S/C10H14N2O2.2C8H12N2O2/c1-4-5-8-6-12(7(2)3)10(14)11-9(8)13;2*1-5(2)10-4-6(3)7(11)9-8(10)12/h4-7H,1-3H3,(H,11,13,14);2*4-5H,1-3H3,(H,9,11,12)/b5-4+;;. The largest absolute Gasteiger partial charge is 0.328 e. The molecule has 3 aromatic rings. The van der Waals surface area contributed by atoms with Crippen molar-refractivity contribution in [2.24, 2.45) is 0 Å². The Bertz CT molecular complexity index is 1530. The fourth-order valence-corrected chi connectivity index (χ4v) is 3.12. The van der Waals surface area contributed by atoms with Gasteiger partial charge in [0, 0.05) is 47.8 Å². The molecule has 0 saturated heterocycles. The SMILES string of the molecule is C/C=C/c1cn(C(C)C)c(=O)[nH]c1=O.Cc1cn(C(C)C)c(=O)[nH]c1=O.Cc1cn(C(C)C)c(=O)[nH]c1=O. The fourth-order valence-electron chi connectivity index (χ4n) is 3.12. The van der Waals surface area contributed by atoms with Crippen molar-refractivity contribution < 1.29 is 0 Å². The molecule has 0 amide bonds. The number of aromatic nitrogens is 6. The van der Waals surface area contributed by atoms with Crippen LogP contribution < -0.4 is 33.7 Å². The van der Waals surface area contributed by atoms with E-state index in [-0.39, 0.29) is 51.9 Å². The lowest BCUT2D eigenvalue weighted by atomic mass is 10.3. The number of nitrogens with zero attached hydrogens (tertiary/aromatic N) is 3. The van der Waals surface area contributed by atoms with Crippen LogP contribution in [0.4, 0.5) is 0 Å². The summed E-state index contributed by atoms with van der Waals surface area (Å²) in [6, 6.07) is 0.199. The van der Waals surface area contributed by atoms with Gasteiger partial charge in [-0.2, -0.15) is 0 Å². The number of nitrogens with one attached hydrogen (secondary N) is 3. The highest BCUT2D eigenvalue weighted by atomic mass is 16.2. The van der Waals surface area contributed by atoms with Gasteiger partial charge in [-0.15, -0.1) is 0 Å². The summed E-state index contributed by atoms with van der Waals surface area (Å²) in [5.74, 6) is 0. The van der Waals surface area contributed by atoms with E-state index in [1.165, 1.54) is 13.7 Å². The van der Waals surface area contributed by atoms with Crippen LogP contribution in [0.5, 0.6) is 0 Å². The third-order valence-electron chi connectivity index (χ3n) is 5.30. The summed E-state index contributed by atoms with van der Waals surface area (Å²) in [6.45, 7) is 16.5.